The molecular formula is C10H17NO. The van der Waals surface area contributed by atoms with Crippen molar-refractivity contribution in [1.29, 1.82) is 0 Å². The molecule has 1 aliphatic carbocycles. The van der Waals surface area contributed by atoms with Crippen molar-refractivity contribution in [3.05, 3.63) is 0 Å². The molecule has 3 atom stereocenters. The molecule has 2 aliphatic rings. The van der Waals surface area contributed by atoms with Crippen LogP contribution in [0.5, 0.6) is 0 Å². The molecule has 0 spiro atoms. The molecule has 0 radical (unpaired) electrons. The summed E-state index contributed by atoms with van der Waals surface area (Å²) in [6.45, 7) is 5.34. The molecule has 0 N–H and O–H groups in total. The quantitative estimate of drug-likeness (QED) is 0.581. The molecule has 1 aliphatic heterocycles. The lowest BCUT2D eigenvalue weighted by atomic mass is 10.2. The first-order chi connectivity index (χ1) is 5.70. The zero-order chi connectivity index (χ0) is 8.72. The third-order valence-electron chi connectivity index (χ3n) is 3.26. The lowest BCUT2D eigenvalue weighted by molar-refractivity contribution is -0.133. The molecule has 0 aromatic rings. The predicted octanol–water partition coefficient (Wildman–Crippen LogP) is 1.65. The Kier molecular flexibility index (Phi) is 1.85. The third-order valence-corrected chi connectivity index (χ3v) is 3.26. The van der Waals surface area contributed by atoms with Gasteiger partial charge < -0.3 is 4.90 Å². The van der Waals surface area contributed by atoms with Crippen LogP contribution in [0.25, 0.3) is 0 Å². The van der Waals surface area contributed by atoms with Crippen molar-refractivity contribution in [2.45, 2.75) is 39.2 Å². The highest BCUT2D eigenvalue weighted by Gasteiger charge is 2.43. The Bertz CT molecular complexity index is 202. The highest BCUT2D eigenvalue weighted by atomic mass is 16.2. The average Bonchev–Trinajstić information content (AvgIpc) is 2.59. The van der Waals surface area contributed by atoms with Crippen LogP contribution in [0, 0.1) is 11.8 Å². The zero-order valence-electron chi connectivity index (χ0n) is 7.92. The topological polar surface area (TPSA) is 20.3 Å². The summed E-state index contributed by atoms with van der Waals surface area (Å²) in [4.78, 5) is 13.8. The van der Waals surface area contributed by atoms with Gasteiger partial charge in [-0.3, -0.25) is 4.79 Å². The van der Waals surface area contributed by atoms with Gasteiger partial charge in [0.15, 0.2) is 0 Å². The van der Waals surface area contributed by atoms with Gasteiger partial charge in [0, 0.05) is 18.5 Å². The summed E-state index contributed by atoms with van der Waals surface area (Å²) < 4.78 is 0. The van der Waals surface area contributed by atoms with E-state index in [1.54, 1.807) is 0 Å². The lowest BCUT2D eigenvalue weighted by Gasteiger charge is -2.21. The van der Waals surface area contributed by atoms with E-state index in [1.807, 2.05) is 0 Å². The van der Waals surface area contributed by atoms with Gasteiger partial charge in [-0.25, -0.2) is 0 Å². The van der Waals surface area contributed by atoms with Gasteiger partial charge in [0.1, 0.15) is 0 Å². The Morgan fingerprint density at radius 2 is 2.08 bits per heavy atom. The minimum atomic E-state index is 0.380. The number of hydrogen-bond donors (Lipinski definition) is 0. The number of hydrogen-bond acceptors (Lipinski definition) is 1. The number of amides is 1. The van der Waals surface area contributed by atoms with Crippen LogP contribution in [-0.4, -0.2) is 23.4 Å². The fourth-order valence-electron chi connectivity index (χ4n) is 2.14. The smallest absolute Gasteiger partial charge is 0.226 e. The van der Waals surface area contributed by atoms with E-state index >= 15 is 0 Å². The Balaban J connectivity index is 1.95. The fourth-order valence-corrected chi connectivity index (χ4v) is 2.14. The van der Waals surface area contributed by atoms with Gasteiger partial charge in [0.25, 0.3) is 0 Å². The third kappa shape index (κ3) is 1.23. The number of carbonyl (C=O) groups is 1. The second-order valence-electron chi connectivity index (χ2n) is 4.34. The molecule has 0 bridgehead atoms. The summed E-state index contributed by atoms with van der Waals surface area (Å²) in [6, 6.07) is 0.505. The summed E-state index contributed by atoms with van der Waals surface area (Å²) in [5.41, 5.74) is 0. The summed E-state index contributed by atoms with van der Waals surface area (Å²) in [7, 11) is 0. The molecule has 12 heavy (non-hydrogen) atoms. The highest BCUT2D eigenvalue weighted by molar-refractivity contribution is 5.82. The largest absolute Gasteiger partial charge is 0.340 e. The van der Waals surface area contributed by atoms with Crippen molar-refractivity contribution in [3.63, 3.8) is 0 Å². The van der Waals surface area contributed by atoms with Gasteiger partial charge in [-0.05, 0) is 32.1 Å². The summed E-state index contributed by atoms with van der Waals surface area (Å²) >= 11 is 0. The van der Waals surface area contributed by atoms with Gasteiger partial charge in [-0.15, -0.1) is 0 Å². The Hall–Kier alpha value is -0.530. The van der Waals surface area contributed by atoms with Crippen LogP contribution in [0.1, 0.15) is 33.1 Å². The predicted molar refractivity (Wildman–Crippen MR) is 47.7 cm³/mol. The van der Waals surface area contributed by atoms with Gasteiger partial charge in [-0.1, -0.05) is 6.92 Å². The first-order valence-electron chi connectivity index (χ1n) is 5.00. The van der Waals surface area contributed by atoms with Crippen LogP contribution in [0.3, 0.4) is 0 Å². The van der Waals surface area contributed by atoms with Crippen molar-refractivity contribution in [2.24, 2.45) is 11.8 Å². The van der Waals surface area contributed by atoms with E-state index in [1.165, 1.54) is 12.8 Å². The van der Waals surface area contributed by atoms with Crippen molar-refractivity contribution in [2.75, 3.05) is 6.54 Å². The van der Waals surface area contributed by atoms with Crippen LogP contribution in [-0.2, 0) is 4.79 Å². The maximum absolute atomic E-state index is 11.8. The molecule has 2 fully saturated rings. The SMILES string of the molecule is CC1CC1C(=O)N1CCCC1C. The van der Waals surface area contributed by atoms with Crippen LogP contribution in [0.15, 0.2) is 0 Å². The van der Waals surface area contributed by atoms with Crippen molar-refractivity contribution < 1.29 is 4.79 Å². The van der Waals surface area contributed by atoms with Crippen LogP contribution >= 0.6 is 0 Å². The van der Waals surface area contributed by atoms with Gasteiger partial charge in [0.2, 0.25) is 5.91 Å². The van der Waals surface area contributed by atoms with Gasteiger partial charge in [-0.2, -0.15) is 0 Å². The monoisotopic (exact) mass is 167 g/mol. The van der Waals surface area contributed by atoms with Crippen LogP contribution in [0.2, 0.25) is 0 Å². The molecule has 2 rings (SSSR count). The average molecular weight is 167 g/mol. The molecule has 1 saturated carbocycles. The molecular weight excluding hydrogens is 150 g/mol. The van der Waals surface area contributed by atoms with E-state index in [4.69, 9.17) is 0 Å². The normalized spacial score (nSPS) is 40.2. The molecule has 1 amide bonds. The maximum atomic E-state index is 11.8. The standard InChI is InChI=1S/C10H17NO/c1-7-6-9(7)10(12)11-5-3-4-8(11)2/h7-9H,3-6H2,1-2H3. The second kappa shape index (κ2) is 2.75. The Morgan fingerprint density at radius 1 is 1.42 bits per heavy atom. The zero-order valence-corrected chi connectivity index (χ0v) is 7.92. The lowest BCUT2D eigenvalue weighted by Crippen LogP contribution is -2.35. The molecule has 1 heterocycles. The van der Waals surface area contributed by atoms with Gasteiger partial charge in [0.05, 0.1) is 0 Å². The Labute approximate surface area is 73.9 Å². The van der Waals surface area contributed by atoms with E-state index in [2.05, 4.69) is 18.7 Å². The van der Waals surface area contributed by atoms with E-state index in [0.29, 0.717) is 23.8 Å². The molecule has 2 heteroatoms. The Morgan fingerprint density at radius 3 is 2.50 bits per heavy atom. The number of carbonyl (C=O) groups excluding carboxylic acids is 1. The van der Waals surface area contributed by atoms with Crippen LogP contribution < -0.4 is 0 Å². The minimum absolute atomic E-state index is 0.380. The number of likely N-dealkylation sites (tertiary alicyclic amines) is 1. The summed E-state index contributed by atoms with van der Waals surface area (Å²) in [5, 5.41) is 0. The molecule has 1 saturated heterocycles. The van der Waals surface area contributed by atoms with Crippen molar-refractivity contribution in [3.8, 4) is 0 Å². The van der Waals surface area contributed by atoms with Crippen LogP contribution in [0.4, 0.5) is 0 Å². The first-order valence-corrected chi connectivity index (χ1v) is 5.00. The van der Waals surface area contributed by atoms with Crippen molar-refractivity contribution in [1.82, 2.24) is 4.90 Å². The number of nitrogens with zero attached hydrogens (tertiary/aromatic N) is 1. The molecule has 3 unspecified atom stereocenters. The summed E-state index contributed by atoms with van der Waals surface area (Å²) in [6.07, 6.45) is 3.53. The highest BCUT2D eigenvalue weighted by Crippen LogP contribution is 2.40. The van der Waals surface area contributed by atoms with Gasteiger partial charge >= 0.3 is 0 Å². The molecule has 2 nitrogen and oxygen atoms in total. The molecule has 0 aromatic carbocycles. The fraction of sp³-hybridized carbons (Fsp3) is 0.900. The van der Waals surface area contributed by atoms with Crippen molar-refractivity contribution >= 4 is 5.91 Å². The minimum Gasteiger partial charge on any atom is -0.340 e. The molecule has 0 aromatic heterocycles. The van der Waals surface area contributed by atoms with E-state index < -0.39 is 0 Å². The van der Waals surface area contributed by atoms with E-state index in [0.717, 1.165) is 13.0 Å². The van der Waals surface area contributed by atoms with E-state index in [-0.39, 0.29) is 0 Å². The second-order valence-corrected chi connectivity index (χ2v) is 4.34. The first kappa shape index (κ1) is 8.09. The molecule has 68 valence electrons. The maximum Gasteiger partial charge on any atom is 0.226 e. The van der Waals surface area contributed by atoms with E-state index in [9.17, 15) is 4.79 Å². The summed E-state index contributed by atoms with van der Waals surface area (Å²) in [5.74, 6) is 1.46. The number of rotatable bonds is 1.